The van der Waals surface area contributed by atoms with E-state index in [4.69, 9.17) is 19.3 Å². The second kappa shape index (κ2) is 8.11. The highest BCUT2D eigenvalue weighted by Gasteiger charge is 2.37. The second-order valence-electron chi connectivity index (χ2n) is 6.36. The number of ether oxygens (including phenoxy) is 3. The van der Waals surface area contributed by atoms with Gasteiger partial charge in [-0.2, -0.15) is 0 Å². The van der Waals surface area contributed by atoms with E-state index in [9.17, 15) is 19.2 Å². The maximum absolute atomic E-state index is 13.1. The maximum Gasteiger partial charge on any atom is 0.341 e. The average Bonchev–Trinajstić information content (AvgIpc) is 3.18. The summed E-state index contributed by atoms with van der Waals surface area (Å²) in [6.45, 7) is -0.593. The lowest BCUT2D eigenvalue weighted by Gasteiger charge is -2.26. The van der Waals surface area contributed by atoms with Gasteiger partial charge < -0.3 is 19.3 Å². The second-order valence-corrected chi connectivity index (χ2v) is 7.28. The van der Waals surface area contributed by atoms with Crippen molar-refractivity contribution >= 4 is 51.5 Å². The quantitative estimate of drug-likeness (QED) is 0.484. The molecule has 0 atom stereocenters. The number of benzene rings is 2. The first-order valence-corrected chi connectivity index (χ1v) is 9.58. The van der Waals surface area contributed by atoms with E-state index < -0.39 is 30.4 Å². The highest BCUT2D eigenvalue weighted by molar-refractivity contribution is 9.10. The largest absolute Gasteiger partial charge is 0.481 e. The molecule has 0 unspecified atom stereocenters. The van der Waals surface area contributed by atoms with Crippen molar-refractivity contribution in [3.05, 3.63) is 52.0 Å². The summed E-state index contributed by atoms with van der Waals surface area (Å²) in [4.78, 5) is 49.5. The van der Waals surface area contributed by atoms with Crippen molar-refractivity contribution in [3.63, 3.8) is 0 Å². The van der Waals surface area contributed by atoms with Gasteiger partial charge in [0.15, 0.2) is 18.1 Å². The van der Waals surface area contributed by atoms with Gasteiger partial charge in [-0.3, -0.25) is 14.9 Å². The third-order valence-corrected chi connectivity index (χ3v) is 4.83. The van der Waals surface area contributed by atoms with Crippen molar-refractivity contribution in [2.75, 3.05) is 18.3 Å². The first-order valence-electron chi connectivity index (χ1n) is 8.79. The predicted molar refractivity (Wildman–Crippen MR) is 109 cm³/mol. The molecular weight excluding hydrogens is 476 g/mol. The van der Waals surface area contributed by atoms with Gasteiger partial charge in [0.25, 0.3) is 11.8 Å². The molecule has 4 rings (SSSR count). The topological polar surface area (TPSA) is 131 Å². The molecule has 2 aromatic rings. The lowest BCUT2D eigenvalue weighted by Crippen LogP contribution is -2.54. The minimum Gasteiger partial charge on any atom is -0.481 e. The first-order chi connectivity index (χ1) is 14.8. The zero-order valence-electron chi connectivity index (χ0n) is 15.6. The number of anilines is 1. The lowest BCUT2D eigenvalue weighted by molar-refractivity contribution is -0.139. The van der Waals surface area contributed by atoms with Gasteiger partial charge in [-0.25, -0.2) is 14.5 Å². The fraction of sp³-hybridized carbons (Fsp3) is 0.100. The van der Waals surface area contributed by atoms with E-state index in [1.54, 1.807) is 18.2 Å². The number of rotatable bonds is 5. The number of hydrogen-bond acceptors (Lipinski definition) is 7. The summed E-state index contributed by atoms with van der Waals surface area (Å²) < 4.78 is 16.3. The van der Waals surface area contributed by atoms with Crippen LogP contribution >= 0.6 is 15.9 Å². The Balaban J connectivity index is 1.72. The molecule has 2 aliphatic heterocycles. The molecule has 31 heavy (non-hydrogen) atoms. The van der Waals surface area contributed by atoms with Crippen LogP contribution in [-0.2, 0) is 14.4 Å². The van der Waals surface area contributed by atoms with Crippen LogP contribution < -0.4 is 24.4 Å². The Kier molecular flexibility index (Phi) is 5.34. The van der Waals surface area contributed by atoms with Crippen molar-refractivity contribution in [2.24, 2.45) is 0 Å². The minimum absolute atomic E-state index is 0.0184. The Morgan fingerprint density at radius 1 is 1.16 bits per heavy atom. The van der Waals surface area contributed by atoms with E-state index in [0.29, 0.717) is 16.0 Å². The van der Waals surface area contributed by atoms with E-state index in [0.717, 1.165) is 4.90 Å². The molecule has 2 heterocycles. The van der Waals surface area contributed by atoms with Crippen molar-refractivity contribution < 1.29 is 38.5 Å². The number of amides is 4. The van der Waals surface area contributed by atoms with Gasteiger partial charge in [-0.05, 0) is 36.4 Å². The zero-order chi connectivity index (χ0) is 22.1. The Bertz CT molecular complexity index is 1160. The number of carbonyl (C=O) groups is 4. The lowest BCUT2D eigenvalue weighted by atomic mass is 10.1. The van der Waals surface area contributed by atoms with Gasteiger partial charge in [0, 0.05) is 16.1 Å². The molecule has 0 saturated carbocycles. The molecule has 2 N–H and O–H groups in total. The highest BCUT2D eigenvalue weighted by Crippen LogP contribution is 2.36. The molecular formula is C20H13BrN2O8. The van der Waals surface area contributed by atoms with Gasteiger partial charge in [-0.1, -0.05) is 15.9 Å². The smallest absolute Gasteiger partial charge is 0.341 e. The van der Waals surface area contributed by atoms with Crippen LogP contribution in [0.25, 0.3) is 6.08 Å². The number of carboxylic acid groups (broad SMARTS) is 1. The van der Waals surface area contributed by atoms with E-state index in [-0.39, 0.29) is 29.4 Å². The fourth-order valence-electron chi connectivity index (χ4n) is 2.97. The number of urea groups is 1. The third kappa shape index (κ3) is 4.08. The molecule has 1 saturated heterocycles. The first kappa shape index (κ1) is 20.4. The van der Waals surface area contributed by atoms with Crippen LogP contribution in [0.1, 0.15) is 5.56 Å². The average molecular weight is 489 g/mol. The van der Waals surface area contributed by atoms with Crippen LogP contribution in [0.2, 0.25) is 0 Å². The summed E-state index contributed by atoms with van der Waals surface area (Å²) in [6, 6.07) is 8.22. The minimum atomic E-state index is -1.19. The Morgan fingerprint density at radius 3 is 2.71 bits per heavy atom. The number of aliphatic carboxylic acids is 1. The van der Waals surface area contributed by atoms with E-state index in [1.807, 2.05) is 0 Å². The molecule has 158 valence electrons. The Morgan fingerprint density at radius 2 is 1.94 bits per heavy atom. The van der Waals surface area contributed by atoms with Gasteiger partial charge in [0.2, 0.25) is 6.79 Å². The molecule has 10 nitrogen and oxygen atoms in total. The monoisotopic (exact) mass is 488 g/mol. The summed E-state index contributed by atoms with van der Waals surface area (Å²) in [5.74, 6) is -1.97. The summed E-state index contributed by atoms with van der Waals surface area (Å²) in [5, 5.41) is 11.0. The Hall–Kier alpha value is -3.86. The van der Waals surface area contributed by atoms with Gasteiger partial charge in [0.1, 0.15) is 11.3 Å². The van der Waals surface area contributed by atoms with Crippen molar-refractivity contribution in [1.29, 1.82) is 0 Å². The van der Waals surface area contributed by atoms with Gasteiger partial charge in [0.05, 0.1) is 5.69 Å². The molecule has 1 fully saturated rings. The van der Waals surface area contributed by atoms with E-state index in [2.05, 4.69) is 21.2 Å². The summed E-state index contributed by atoms with van der Waals surface area (Å²) in [6.07, 6.45) is 1.23. The van der Waals surface area contributed by atoms with E-state index in [1.165, 1.54) is 24.3 Å². The third-order valence-electron chi connectivity index (χ3n) is 4.34. The van der Waals surface area contributed by atoms with Crippen LogP contribution in [0.5, 0.6) is 17.2 Å². The highest BCUT2D eigenvalue weighted by atomic mass is 79.9. The molecule has 2 aliphatic rings. The van der Waals surface area contributed by atoms with E-state index >= 15 is 0 Å². The van der Waals surface area contributed by atoms with Crippen LogP contribution in [0.3, 0.4) is 0 Å². The molecule has 0 spiro atoms. The molecule has 11 heteroatoms. The number of carboxylic acids is 1. The van der Waals surface area contributed by atoms with Gasteiger partial charge in [-0.15, -0.1) is 0 Å². The zero-order valence-corrected chi connectivity index (χ0v) is 17.2. The summed E-state index contributed by atoms with van der Waals surface area (Å²) in [5.41, 5.74) is 0.117. The Labute approximate surface area is 183 Å². The number of fused-ring (bicyclic) bond motifs is 1. The van der Waals surface area contributed by atoms with Crippen LogP contribution in [0, 0.1) is 0 Å². The number of halogens is 1. The predicted octanol–water partition coefficient (Wildman–Crippen LogP) is 2.31. The summed E-state index contributed by atoms with van der Waals surface area (Å²) >= 11 is 3.28. The number of imide groups is 2. The molecule has 2 aromatic carbocycles. The van der Waals surface area contributed by atoms with Gasteiger partial charge >= 0.3 is 12.0 Å². The van der Waals surface area contributed by atoms with Crippen molar-refractivity contribution in [1.82, 2.24) is 5.32 Å². The molecule has 0 radical (unpaired) electrons. The number of barbiturate groups is 1. The maximum atomic E-state index is 13.1. The normalized spacial score (nSPS) is 16.5. The van der Waals surface area contributed by atoms with Crippen LogP contribution in [0.4, 0.5) is 10.5 Å². The standard InChI is InChI=1S/C20H13BrN2O8/c21-11-1-3-14(29-8-17(24)25)10(5-11)6-13-18(26)22-20(28)23(19(13)27)12-2-4-15-16(7-12)31-9-30-15/h1-7H,8-9H2,(H,24,25)(H,22,26,28)/b13-6+. The number of carbonyl (C=O) groups excluding carboxylic acids is 3. The molecule has 0 aromatic heterocycles. The van der Waals surface area contributed by atoms with Crippen LogP contribution in [0.15, 0.2) is 46.4 Å². The molecule has 0 aliphatic carbocycles. The number of nitrogens with zero attached hydrogens (tertiary/aromatic N) is 1. The van der Waals surface area contributed by atoms with Crippen molar-refractivity contribution in [2.45, 2.75) is 0 Å². The molecule has 4 amide bonds. The number of nitrogens with one attached hydrogen (secondary N) is 1. The summed E-state index contributed by atoms with van der Waals surface area (Å²) in [7, 11) is 0. The fourth-order valence-corrected chi connectivity index (χ4v) is 3.35. The molecule has 0 bridgehead atoms. The SMILES string of the molecule is O=C(O)COc1ccc(Br)cc1/C=C1\C(=O)NC(=O)N(c2ccc3c(c2)OCO3)C1=O. The number of hydrogen-bond donors (Lipinski definition) is 2. The van der Waals surface area contributed by atoms with Crippen molar-refractivity contribution in [3.8, 4) is 17.2 Å². The van der Waals surface area contributed by atoms with Crippen LogP contribution in [-0.4, -0.2) is 42.3 Å².